The molecule has 0 amide bonds. The third kappa shape index (κ3) is 5.74. The van der Waals surface area contributed by atoms with Gasteiger partial charge in [0.1, 0.15) is 0 Å². The molecule has 0 rings (SSSR count). The molecule has 0 aromatic rings. The zero-order valence-electron chi connectivity index (χ0n) is 9.09. The van der Waals surface area contributed by atoms with Crippen LogP contribution in [0, 0.1) is 0 Å². The first-order valence-electron chi connectivity index (χ1n) is 4.04. The molecule has 0 aromatic carbocycles. The lowest BCUT2D eigenvalue weighted by atomic mass is 10.8. The van der Waals surface area contributed by atoms with Crippen molar-refractivity contribution < 1.29 is 32.6 Å². The number of carbonyl (C=O) groups is 1. The zero-order chi connectivity index (χ0) is 11.9. The number of methoxy groups -OCH3 is 1. The van der Waals surface area contributed by atoms with Crippen LogP contribution in [0.1, 0.15) is 6.92 Å². The molecule has 0 bridgehead atoms. The number of hydrogen-bond donors (Lipinski definition) is 0. The molecule has 90 valence electrons. The molecule has 7 nitrogen and oxygen atoms in total. The van der Waals surface area contributed by atoms with Crippen molar-refractivity contribution in [2.45, 2.75) is 13.2 Å². The van der Waals surface area contributed by atoms with Gasteiger partial charge in [0.2, 0.25) is 6.29 Å². The number of hydrogen-bond acceptors (Lipinski definition) is 7. The standard InChI is InChI=1S/C7H15O7P/c1-6(10-2)14-7(8)13-5-15(9,11-3)12-4/h6H,5H2,1-4H3. The lowest BCUT2D eigenvalue weighted by Crippen LogP contribution is -2.18. The van der Waals surface area contributed by atoms with Crippen molar-refractivity contribution in [2.24, 2.45) is 0 Å². The molecule has 0 aliphatic carbocycles. The van der Waals surface area contributed by atoms with Crippen LogP contribution in [0.25, 0.3) is 0 Å². The Labute approximate surface area is 88.1 Å². The molecular formula is C7H15O7P. The van der Waals surface area contributed by atoms with Crippen LogP contribution in [0.2, 0.25) is 0 Å². The van der Waals surface area contributed by atoms with Gasteiger partial charge in [-0.25, -0.2) is 4.79 Å². The maximum Gasteiger partial charge on any atom is 0.511 e. The lowest BCUT2D eigenvalue weighted by molar-refractivity contribution is -0.0895. The molecule has 0 saturated heterocycles. The Kier molecular flexibility index (Phi) is 6.51. The van der Waals surface area contributed by atoms with Crippen LogP contribution in [0.4, 0.5) is 4.79 Å². The van der Waals surface area contributed by atoms with Crippen LogP contribution in [-0.2, 0) is 27.8 Å². The van der Waals surface area contributed by atoms with E-state index in [1.165, 1.54) is 28.3 Å². The van der Waals surface area contributed by atoms with Crippen LogP contribution in [-0.4, -0.2) is 40.1 Å². The molecule has 1 unspecified atom stereocenters. The SMILES string of the molecule is COC(C)OC(=O)OCP(=O)(OC)OC. The molecule has 0 N–H and O–H groups in total. The summed E-state index contributed by atoms with van der Waals surface area (Å²) in [6.07, 6.45) is -2.24. The summed E-state index contributed by atoms with van der Waals surface area (Å²) in [6.45, 7) is 1.51. The van der Waals surface area contributed by atoms with Crippen LogP contribution in [0.15, 0.2) is 0 Å². The molecule has 0 heterocycles. The molecule has 8 heteroatoms. The van der Waals surface area contributed by atoms with Gasteiger partial charge in [-0.15, -0.1) is 0 Å². The van der Waals surface area contributed by atoms with E-state index in [1.807, 2.05) is 0 Å². The summed E-state index contributed by atoms with van der Waals surface area (Å²) < 4.78 is 34.2. The monoisotopic (exact) mass is 242 g/mol. The predicted molar refractivity (Wildman–Crippen MR) is 50.5 cm³/mol. The third-order valence-electron chi connectivity index (χ3n) is 1.49. The van der Waals surface area contributed by atoms with Crippen molar-refractivity contribution in [1.82, 2.24) is 0 Å². The first-order valence-corrected chi connectivity index (χ1v) is 5.77. The van der Waals surface area contributed by atoms with E-state index >= 15 is 0 Å². The minimum atomic E-state index is -3.35. The molecule has 0 saturated carbocycles. The normalized spacial score (nSPS) is 13.3. The summed E-state index contributed by atoms with van der Waals surface area (Å²) >= 11 is 0. The van der Waals surface area contributed by atoms with Crippen molar-refractivity contribution in [3.8, 4) is 0 Å². The van der Waals surface area contributed by atoms with Gasteiger partial charge in [0.15, 0.2) is 6.35 Å². The first kappa shape index (κ1) is 14.4. The second kappa shape index (κ2) is 6.79. The predicted octanol–water partition coefficient (Wildman–Crippen LogP) is 1.58. The average Bonchev–Trinajstić information content (AvgIpc) is 2.25. The fourth-order valence-corrected chi connectivity index (χ4v) is 1.15. The minimum absolute atomic E-state index is 0.505. The number of ether oxygens (including phenoxy) is 3. The van der Waals surface area contributed by atoms with Gasteiger partial charge < -0.3 is 23.3 Å². The highest BCUT2D eigenvalue weighted by Gasteiger charge is 2.24. The van der Waals surface area contributed by atoms with E-state index < -0.39 is 26.4 Å². The zero-order valence-corrected chi connectivity index (χ0v) is 9.98. The highest BCUT2D eigenvalue weighted by atomic mass is 31.2. The van der Waals surface area contributed by atoms with E-state index in [2.05, 4.69) is 23.3 Å². The Morgan fingerprint density at radius 3 is 2.20 bits per heavy atom. The number of carbonyl (C=O) groups excluding carboxylic acids is 1. The van der Waals surface area contributed by atoms with E-state index in [0.717, 1.165) is 0 Å². The molecule has 0 aliphatic heterocycles. The van der Waals surface area contributed by atoms with E-state index in [0.29, 0.717) is 0 Å². The van der Waals surface area contributed by atoms with E-state index in [9.17, 15) is 9.36 Å². The Morgan fingerprint density at radius 1 is 1.27 bits per heavy atom. The summed E-state index contributed by atoms with van der Waals surface area (Å²) in [6, 6.07) is 0. The maximum atomic E-state index is 11.4. The second-order valence-electron chi connectivity index (χ2n) is 2.42. The topological polar surface area (TPSA) is 80.3 Å². The van der Waals surface area contributed by atoms with E-state index in [-0.39, 0.29) is 0 Å². The molecule has 0 spiro atoms. The second-order valence-corrected chi connectivity index (χ2v) is 4.63. The maximum absolute atomic E-state index is 11.4. The largest absolute Gasteiger partial charge is 0.511 e. The molecule has 15 heavy (non-hydrogen) atoms. The van der Waals surface area contributed by atoms with Gasteiger partial charge in [-0.2, -0.15) is 0 Å². The quantitative estimate of drug-likeness (QED) is 0.397. The summed E-state index contributed by atoms with van der Waals surface area (Å²) in [5.74, 6) is 0. The highest BCUT2D eigenvalue weighted by Crippen LogP contribution is 2.46. The van der Waals surface area contributed by atoms with Crippen LogP contribution in [0.5, 0.6) is 0 Å². The molecule has 0 aromatic heterocycles. The summed E-state index contributed by atoms with van der Waals surface area (Å²) in [4.78, 5) is 10.9. The van der Waals surface area contributed by atoms with Crippen molar-refractivity contribution in [3.63, 3.8) is 0 Å². The smallest absolute Gasteiger partial charge is 0.421 e. The van der Waals surface area contributed by atoms with E-state index in [1.54, 1.807) is 0 Å². The van der Waals surface area contributed by atoms with Gasteiger partial charge in [0.05, 0.1) is 0 Å². The fourth-order valence-electron chi connectivity index (χ4n) is 0.529. The number of rotatable bonds is 6. The van der Waals surface area contributed by atoms with Gasteiger partial charge in [-0.3, -0.25) is 4.57 Å². The van der Waals surface area contributed by atoms with Gasteiger partial charge >= 0.3 is 13.8 Å². The highest BCUT2D eigenvalue weighted by molar-refractivity contribution is 7.53. The molecule has 0 fully saturated rings. The Balaban J connectivity index is 3.94. The fraction of sp³-hybridized carbons (Fsp3) is 0.857. The summed E-state index contributed by atoms with van der Waals surface area (Å²) in [5.41, 5.74) is 0. The van der Waals surface area contributed by atoms with Crippen LogP contribution >= 0.6 is 7.60 Å². The lowest BCUT2D eigenvalue weighted by Gasteiger charge is -2.14. The third-order valence-corrected chi connectivity index (χ3v) is 3.05. The van der Waals surface area contributed by atoms with Crippen LogP contribution < -0.4 is 0 Å². The summed E-state index contributed by atoms with van der Waals surface area (Å²) in [5, 5.41) is 0. The van der Waals surface area contributed by atoms with Gasteiger partial charge in [0.25, 0.3) is 0 Å². The van der Waals surface area contributed by atoms with E-state index in [4.69, 9.17) is 0 Å². The molecule has 0 aliphatic rings. The van der Waals surface area contributed by atoms with Gasteiger partial charge in [-0.05, 0) is 6.92 Å². The Morgan fingerprint density at radius 2 is 1.80 bits per heavy atom. The van der Waals surface area contributed by atoms with Crippen molar-refractivity contribution in [3.05, 3.63) is 0 Å². The Hall–Kier alpha value is -0.620. The first-order chi connectivity index (χ1) is 6.97. The minimum Gasteiger partial charge on any atom is -0.421 e. The summed E-state index contributed by atoms with van der Waals surface area (Å²) in [7, 11) is 0.400. The molecule has 1 atom stereocenters. The molecular weight excluding hydrogens is 227 g/mol. The van der Waals surface area contributed by atoms with Crippen LogP contribution in [0.3, 0.4) is 0 Å². The van der Waals surface area contributed by atoms with Crippen molar-refractivity contribution in [1.29, 1.82) is 0 Å². The van der Waals surface area contributed by atoms with Gasteiger partial charge in [-0.1, -0.05) is 0 Å². The van der Waals surface area contributed by atoms with Gasteiger partial charge in [0, 0.05) is 21.3 Å². The molecule has 0 radical (unpaired) electrons. The van der Waals surface area contributed by atoms with Crippen molar-refractivity contribution >= 4 is 13.8 Å². The van der Waals surface area contributed by atoms with Crippen molar-refractivity contribution in [2.75, 3.05) is 27.7 Å². The Bertz CT molecular complexity index is 233. The average molecular weight is 242 g/mol.